The molecule has 0 aromatic heterocycles. The van der Waals surface area contributed by atoms with E-state index in [0.717, 1.165) is 5.56 Å². The van der Waals surface area contributed by atoms with Crippen LogP contribution in [0.15, 0.2) is 36.9 Å². The van der Waals surface area contributed by atoms with Gasteiger partial charge in [0.05, 0.1) is 13.5 Å². The second kappa shape index (κ2) is 7.20. The maximum atomic E-state index is 12.1. The van der Waals surface area contributed by atoms with Crippen molar-refractivity contribution in [1.82, 2.24) is 4.90 Å². The monoisotopic (exact) mass is 263 g/mol. The van der Waals surface area contributed by atoms with Gasteiger partial charge < -0.3 is 14.7 Å². The van der Waals surface area contributed by atoms with Crippen molar-refractivity contribution in [3.05, 3.63) is 42.5 Å². The summed E-state index contributed by atoms with van der Waals surface area (Å²) in [5, 5.41) is 8.77. The lowest BCUT2D eigenvalue weighted by molar-refractivity contribution is -0.143. The third-order valence-electron chi connectivity index (χ3n) is 2.56. The Labute approximate surface area is 112 Å². The van der Waals surface area contributed by atoms with Gasteiger partial charge in [0.1, 0.15) is 12.3 Å². The van der Waals surface area contributed by atoms with E-state index < -0.39 is 5.97 Å². The van der Waals surface area contributed by atoms with Crippen molar-refractivity contribution in [2.75, 3.05) is 20.2 Å². The van der Waals surface area contributed by atoms with Crippen molar-refractivity contribution in [1.29, 1.82) is 0 Å². The number of benzene rings is 1. The standard InChI is InChI=1S/C14H17NO4/c1-3-8-15(10-14(17)18)13(16)9-11-6-4-5-7-12(11)19-2/h3-7H,1,8-10H2,2H3,(H,17,18). The molecule has 0 aliphatic heterocycles. The second-order valence-corrected chi connectivity index (χ2v) is 3.95. The summed E-state index contributed by atoms with van der Waals surface area (Å²) in [6.07, 6.45) is 1.61. The normalized spacial score (nSPS) is 9.74. The molecule has 1 N–H and O–H groups in total. The van der Waals surface area contributed by atoms with E-state index in [1.165, 1.54) is 18.1 Å². The molecule has 0 unspecified atom stereocenters. The van der Waals surface area contributed by atoms with Crippen molar-refractivity contribution in [2.24, 2.45) is 0 Å². The summed E-state index contributed by atoms with van der Waals surface area (Å²) in [6, 6.07) is 7.16. The number of carboxylic acids is 1. The number of aliphatic carboxylic acids is 1. The number of rotatable bonds is 7. The van der Waals surface area contributed by atoms with E-state index in [4.69, 9.17) is 9.84 Å². The Morgan fingerprint density at radius 2 is 2.11 bits per heavy atom. The van der Waals surface area contributed by atoms with Gasteiger partial charge in [-0.25, -0.2) is 0 Å². The average molecular weight is 263 g/mol. The van der Waals surface area contributed by atoms with Gasteiger partial charge in [-0.05, 0) is 6.07 Å². The predicted molar refractivity (Wildman–Crippen MR) is 71.1 cm³/mol. The highest BCUT2D eigenvalue weighted by atomic mass is 16.5. The van der Waals surface area contributed by atoms with Crippen molar-refractivity contribution in [2.45, 2.75) is 6.42 Å². The molecule has 0 bridgehead atoms. The fraction of sp³-hybridized carbons (Fsp3) is 0.286. The highest BCUT2D eigenvalue weighted by Crippen LogP contribution is 2.18. The maximum absolute atomic E-state index is 12.1. The van der Waals surface area contributed by atoms with Gasteiger partial charge in [-0.1, -0.05) is 24.3 Å². The van der Waals surface area contributed by atoms with Crippen molar-refractivity contribution in [3.8, 4) is 5.75 Å². The van der Waals surface area contributed by atoms with Gasteiger partial charge in [0, 0.05) is 12.1 Å². The first-order valence-corrected chi connectivity index (χ1v) is 5.80. The van der Waals surface area contributed by atoms with Crippen LogP contribution in [0.5, 0.6) is 5.75 Å². The highest BCUT2D eigenvalue weighted by Gasteiger charge is 2.17. The summed E-state index contributed by atoms with van der Waals surface area (Å²) < 4.78 is 5.16. The lowest BCUT2D eigenvalue weighted by Gasteiger charge is -2.19. The lowest BCUT2D eigenvalue weighted by atomic mass is 10.1. The summed E-state index contributed by atoms with van der Waals surface area (Å²) in [6.45, 7) is 3.39. The summed E-state index contributed by atoms with van der Waals surface area (Å²) >= 11 is 0. The quantitative estimate of drug-likeness (QED) is 0.754. The van der Waals surface area contributed by atoms with Crippen LogP contribution < -0.4 is 4.74 Å². The molecule has 0 saturated carbocycles. The maximum Gasteiger partial charge on any atom is 0.323 e. The van der Waals surface area contributed by atoms with Crippen molar-refractivity contribution in [3.63, 3.8) is 0 Å². The molecular formula is C14H17NO4. The van der Waals surface area contributed by atoms with E-state index in [9.17, 15) is 9.59 Å². The molecule has 0 aliphatic rings. The van der Waals surface area contributed by atoms with Crippen LogP contribution in [0, 0.1) is 0 Å². The molecule has 1 aromatic rings. The van der Waals surface area contributed by atoms with Gasteiger partial charge in [-0.15, -0.1) is 6.58 Å². The molecular weight excluding hydrogens is 246 g/mol. The van der Waals surface area contributed by atoms with Crippen LogP contribution in [0.3, 0.4) is 0 Å². The lowest BCUT2D eigenvalue weighted by Crippen LogP contribution is -2.36. The number of amides is 1. The Balaban J connectivity index is 2.80. The zero-order valence-corrected chi connectivity index (χ0v) is 10.8. The number of hydrogen-bond acceptors (Lipinski definition) is 3. The third-order valence-corrected chi connectivity index (χ3v) is 2.56. The van der Waals surface area contributed by atoms with Crippen LogP contribution >= 0.6 is 0 Å². The fourth-order valence-corrected chi connectivity index (χ4v) is 1.70. The largest absolute Gasteiger partial charge is 0.496 e. The number of carboxylic acid groups (broad SMARTS) is 1. The van der Waals surface area contributed by atoms with Crippen LogP contribution in [0.2, 0.25) is 0 Å². The Morgan fingerprint density at radius 3 is 2.68 bits per heavy atom. The Kier molecular flexibility index (Phi) is 5.60. The number of carbonyl (C=O) groups is 2. The van der Waals surface area contributed by atoms with Gasteiger partial charge >= 0.3 is 5.97 Å². The minimum absolute atomic E-state index is 0.102. The number of methoxy groups -OCH3 is 1. The van der Waals surface area contributed by atoms with Gasteiger partial charge in [0.15, 0.2) is 0 Å². The number of hydrogen-bond donors (Lipinski definition) is 1. The summed E-state index contributed by atoms with van der Waals surface area (Å²) in [5.41, 5.74) is 0.731. The van der Waals surface area contributed by atoms with E-state index in [2.05, 4.69) is 6.58 Å². The first kappa shape index (κ1) is 14.8. The Morgan fingerprint density at radius 1 is 1.42 bits per heavy atom. The minimum atomic E-state index is -1.05. The van der Waals surface area contributed by atoms with E-state index >= 15 is 0 Å². The predicted octanol–water partition coefficient (Wildman–Crippen LogP) is 1.34. The zero-order valence-electron chi connectivity index (χ0n) is 10.8. The number of ether oxygens (including phenoxy) is 1. The zero-order chi connectivity index (χ0) is 14.3. The van der Waals surface area contributed by atoms with Crippen LogP contribution in [-0.4, -0.2) is 42.1 Å². The van der Waals surface area contributed by atoms with E-state index in [1.54, 1.807) is 18.2 Å². The Bertz CT molecular complexity index is 470. The summed E-state index contributed by atoms with van der Waals surface area (Å²) in [5.74, 6) is -0.702. The van der Waals surface area contributed by atoms with Gasteiger partial charge in [0.2, 0.25) is 5.91 Å². The average Bonchev–Trinajstić information content (AvgIpc) is 2.38. The molecule has 0 fully saturated rings. The van der Waals surface area contributed by atoms with E-state index in [-0.39, 0.29) is 25.4 Å². The van der Waals surface area contributed by atoms with Crippen LogP contribution in [0.1, 0.15) is 5.56 Å². The van der Waals surface area contributed by atoms with E-state index in [0.29, 0.717) is 5.75 Å². The Hall–Kier alpha value is -2.30. The molecule has 0 heterocycles. The van der Waals surface area contributed by atoms with Crippen LogP contribution in [0.25, 0.3) is 0 Å². The molecule has 102 valence electrons. The summed E-state index contributed by atoms with van der Waals surface area (Å²) in [4.78, 5) is 24.0. The van der Waals surface area contributed by atoms with E-state index in [1.807, 2.05) is 6.07 Å². The van der Waals surface area contributed by atoms with Crippen molar-refractivity contribution < 1.29 is 19.4 Å². The molecule has 0 saturated heterocycles. The highest BCUT2D eigenvalue weighted by molar-refractivity contribution is 5.83. The van der Waals surface area contributed by atoms with Crippen LogP contribution in [0.4, 0.5) is 0 Å². The minimum Gasteiger partial charge on any atom is -0.496 e. The smallest absolute Gasteiger partial charge is 0.323 e. The molecule has 1 amide bonds. The molecule has 0 atom stereocenters. The second-order valence-electron chi connectivity index (χ2n) is 3.95. The first-order valence-electron chi connectivity index (χ1n) is 5.80. The summed E-state index contributed by atoms with van der Waals surface area (Å²) in [7, 11) is 1.53. The molecule has 5 nitrogen and oxygen atoms in total. The van der Waals surface area contributed by atoms with Gasteiger partial charge in [-0.3, -0.25) is 9.59 Å². The first-order chi connectivity index (χ1) is 9.08. The molecule has 1 rings (SSSR count). The number of nitrogens with zero attached hydrogens (tertiary/aromatic N) is 1. The number of para-hydroxylation sites is 1. The molecule has 1 aromatic carbocycles. The molecule has 0 spiro atoms. The fourth-order valence-electron chi connectivity index (χ4n) is 1.70. The molecule has 5 heteroatoms. The molecule has 19 heavy (non-hydrogen) atoms. The van der Waals surface area contributed by atoms with Gasteiger partial charge in [-0.2, -0.15) is 0 Å². The number of carbonyl (C=O) groups excluding carboxylic acids is 1. The molecule has 0 radical (unpaired) electrons. The van der Waals surface area contributed by atoms with Crippen LogP contribution in [-0.2, 0) is 16.0 Å². The van der Waals surface area contributed by atoms with Crippen molar-refractivity contribution >= 4 is 11.9 Å². The SMILES string of the molecule is C=CCN(CC(=O)O)C(=O)Cc1ccccc1OC. The van der Waals surface area contributed by atoms with Gasteiger partial charge in [0.25, 0.3) is 0 Å². The molecule has 0 aliphatic carbocycles. The third kappa shape index (κ3) is 4.46. The topological polar surface area (TPSA) is 66.8 Å².